The van der Waals surface area contributed by atoms with Gasteiger partial charge in [-0.25, -0.2) is 0 Å². The van der Waals surface area contributed by atoms with Gasteiger partial charge in [0, 0.05) is 33.4 Å². The van der Waals surface area contributed by atoms with Gasteiger partial charge < -0.3 is 15.4 Å². The quantitative estimate of drug-likeness (QED) is 0.497. The SMILES string of the molecule is O=C(COc1ccc(C(=O)c2ccc(Cl)cc2)cc1)Nc1cccc(C(=O)NC2CC2)c1. The molecule has 7 heteroatoms. The Hall–Kier alpha value is -3.64. The van der Waals surface area contributed by atoms with Crippen molar-refractivity contribution in [2.75, 3.05) is 11.9 Å². The Morgan fingerprint density at radius 3 is 2.19 bits per heavy atom. The number of ketones is 1. The predicted molar refractivity (Wildman–Crippen MR) is 122 cm³/mol. The van der Waals surface area contributed by atoms with Crippen molar-refractivity contribution in [1.82, 2.24) is 5.32 Å². The maximum absolute atomic E-state index is 12.5. The van der Waals surface area contributed by atoms with Crippen LogP contribution in [0.2, 0.25) is 5.02 Å². The first-order valence-corrected chi connectivity index (χ1v) is 10.6. The molecule has 3 aromatic carbocycles. The number of amides is 2. The molecule has 2 N–H and O–H groups in total. The molecule has 0 heterocycles. The number of carbonyl (C=O) groups excluding carboxylic acids is 3. The van der Waals surface area contributed by atoms with Crippen molar-refractivity contribution < 1.29 is 19.1 Å². The zero-order valence-electron chi connectivity index (χ0n) is 17.1. The van der Waals surface area contributed by atoms with Crippen molar-refractivity contribution in [3.8, 4) is 5.75 Å². The predicted octanol–water partition coefficient (Wildman–Crippen LogP) is 4.48. The number of nitrogens with one attached hydrogen (secondary N) is 2. The molecule has 0 radical (unpaired) electrons. The lowest BCUT2D eigenvalue weighted by atomic mass is 10.0. The second kappa shape index (κ2) is 9.66. The molecule has 0 atom stereocenters. The standard InChI is InChI=1S/C25H21ClN2O4/c26-19-8-4-16(5-9-19)24(30)17-6-12-22(13-7-17)32-15-23(29)27-21-3-1-2-18(14-21)25(31)28-20-10-11-20/h1-9,12-14,20H,10-11,15H2,(H,27,29)(H,28,31). The van der Waals surface area contributed by atoms with E-state index in [2.05, 4.69) is 10.6 Å². The molecule has 1 saturated carbocycles. The largest absolute Gasteiger partial charge is 0.484 e. The third-order valence-corrected chi connectivity index (χ3v) is 5.17. The van der Waals surface area contributed by atoms with Crippen LogP contribution in [-0.2, 0) is 4.79 Å². The second-order valence-electron chi connectivity index (χ2n) is 7.53. The summed E-state index contributed by atoms with van der Waals surface area (Å²) in [6.07, 6.45) is 2.02. The van der Waals surface area contributed by atoms with Crippen LogP contribution in [-0.4, -0.2) is 30.2 Å². The molecule has 0 aliphatic heterocycles. The average molecular weight is 449 g/mol. The molecule has 2 amide bonds. The monoisotopic (exact) mass is 448 g/mol. The molecule has 4 rings (SSSR count). The maximum Gasteiger partial charge on any atom is 0.262 e. The molecule has 0 aromatic heterocycles. The topological polar surface area (TPSA) is 84.5 Å². The number of halogens is 1. The van der Waals surface area contributed by atoms with E-state index in [4.69, 9.17) is 16.3 Å². The fraction of sp³-hybridized carbons (Fsp3) is 0.160. The van der Waals surface area contributed by atoms with E-state index in [0.717, 1.165) is 12.8 Å². The van der Waals surface area contributed by atoms with Crippen molar-refractivity contribution in [2.45, 2.75) is 18.9 Å². The van der Waals surface area contributed by atoms with E-state index in [9.17, 15) is 14.4 Å². The van der Waals surface area contributed by atoms with E-state index in [1.807, 2.05) is 0 Å². The van der Waals surface area contributed by atoms with Gasteiger partial charge in [-0.05, 0) is 79.6 Å². The first-order valence-electron chi connectivity index (χ1n) is 10.2. The Labute approximate surface area is 190 Å². The molecule has 3 aromatic rings. The summed E-state index contributed by atoms with van der Waals surface area (Å²) < 4.78 is 5.51. The van der Waals surface area contributed by atoms with Gasteiger partial charge in [-0.3, -0.25) is 14.4 Å². The number of hydrogen-bond donors (Lipinski definition) is 2. The van der Waals surface area contributed by atoms with Crippen LogP contribution in [0.15, 0.2) is 72.8 Å². The molecule has 162 valence electrons. The number of ether oxygens (including phenoxy) is 1. The second-order valence-corrected chi connectivity index (χ2v) is 7.96. The van der Waals surface area contributed by atoms with Crippen LogP contribution in [0, 0.1) is 0 Å². The first-order chi connectivity index (χ1) is 15.5. The third kappa shape index (κ3) is 5.74. The zero-order valence-corrected chi connectivity index (χ0v) is 17.9. The molecule has 1 fully saturated rings. The Kier molecular flexibility index (Phi) is 6.52. The van der Waals surface area contributed by atoms with E-state index < -0.39 is 0 Å². The van der Waals surface area contributed by atoms with E-state index in [-0.39, 0.29) is 30.2 Å². The smallest absolute Gasteiger partial charge is 0.262 e. The van der Waals surface area contributed by atoms with Crippen molar-refractivity contribution in [3.05, 3.63) is 94.5 Å². The summed E-state index contributed by atoms with van der Waals surface area (Å²) in [6.45, 7) is -0.205. The van der Waals surface area contributed by atoms with Gasteiger partial charge in [0.2, 0.25) is 0 Å². The van der Waals surface area contributed by atoms with Crippen LogP contribution in [0.3, 0.4) is 0 Å². The van der Waals surface area contributed by atoms with Gasteiger partial charge >= 0.3 is 0 Å². The van der Waals surface area contributed by atoms with Crippen LogP contribution in [0.5, 0.6) is 5.75 Å². The summed E-state index contributed by atoms with van der Waals surface area (Å²) in [6, 6.07) is 20.3. The number of carbonyl (C=O) groups is 3. The van der Waals surface area contributed by atoms with E-state index in [1.54, 1.807) is 72.8 Å². The molecule has 0 saturated heterocycles. The molecular weight excluding hydrogens is 428 g/mol. The first kappa shape index (κ1) is 21.6. The number of benzene rings is 3. The summed E-state index contributed by atoms with van der Waals surface area (Å²) >= 11 is 5.86. The van der Waals surface area contributed by atoms with Crippen molar-refractivity contribution in [3.63, 3.8) is 0 Å². The molecular formula is C25H21ClN2O4. The Morgan fingerprint density at radius 2 is 1.53 bits per heavy atom. The van der Waals surface area contributed by atoms with Crippen molar-refractivity contribution in [1.29, 1.82) is 0 Å². The maximum atomic E-state index is 12.5. The van der Waals surface area contributed by atoms with Crippen LogP contribution in [0.1, 0.15) is 39.1 Å². The van der Waals surface area contributed by atoms with Gasteiger partial charge in [0.15, 0.2) is 12.4 Å². The number of rotatable bonds is 8. The highest BCUT2D eigenvalue weighted by Crippen LogP contribution is 2.20. The highest BCUT2D eigenvalue weighted by Gasteiger charge is 2.23. The minimum Gasteiger partial charge on any atom is -0.484 e. The van der Waals surface area contributed by atoms with Crippen LogP contribution in [0.25, 0.3) is 0 Å². The minimum atomic E-state index is -0.355. The van der Waals surface area contributed by atoms with E-state index in [1.165, 1.54) is 0 Å². The molecule has 1 aliphatic rings. The highest BCUT2D eigenvalue weighted by molar-refractivity contribution is 6.30. The lowest BCUT2D eigenvalue weighted by molar-refractivity contribution is -0.118. The summed E-state index contributed by atoms with van der Waals surface area (Å²) in [4.78, 5) is 36.9. The van der Waals surface area contributed by atoms with Crippen molar-refractivity contribution >= 4 is 34.9 Å². The Bertz CT molecular complexity index is 1140. The Morgan fingerprint density at radius 1 is 0.875 bits per heavy atom. The summed E-state index contributed by atoms with van der Waals surface area (Å²) in [5.41, 5.74) is 2.06. The van der Waals surface area contributed by atoms with Gasteiger partial charge in [-0.2, -0.15) is 0 Å². The molecule has 0 unspecified atom stereocenters. The summed E-state index contributed by atoms with van der Waals surface area (Å²) in [5.74, 6) is -0.166. The number of anilines is 1. The molecule has 6 nitrogen and oxygen atoms in total. The van der Waals surface area contributed by atoms with Gasteiger partial charge in [0.1, 0.15) is 5.75 Å². The number of hydrogen-bond acceptors (Lipinski definition) is 4. The van der Waals surface area contributed by atoms with Gasteiger partial charge in [-0.1, -0.05) is 17.7 Å². The molecule has 0 bridgehead atoms. The average Bonchev–Trinajstić information content (AvgIpc) is 3.62. The molecule has 0 spiro atoms. The van der Waals surface area contributed by atoms with Crippen LogP contribution >= 0.6 is 11.6 Å². The summed E-state index contributed by atoms with van der Waals surface area (Å²) in [5, 5.41) is 6.21. The fourth-order valence-corrected chi connectivity index (χ4v) is 3.18. The van der Waals surface area contributed by atoms with Gasteiger partial charge in [0.25, 0.3) is 11.8 Å². The minimum absolute atomic E-state index is 0.128. The third-order valence-electron chi connectivity index (χ3n) is 4.91. The van der Waals surface area contributed by atoms with E-state index >= 15 is 0 Å². The van der Waals surface area contributed by atoms with Gasteiger partial charge in [-0.15, -0.1) is 0 Å². The lowest BCUT2D eigenvalue weighted by Gasteiger charge is -2.09. The van der Waals surface area contributed by atoms with E-state index in [0.29, 0.717) is 33.1 Å². The molecule has 1 aliphatic carbocycles. The Balaban J connectivity index is 1.30. The van der Waals surface area contributed by atoms with Crippen LogP contribution in [0.4, 0.5) is 5.69 Å². The lowest BCUT2D eigenvalue weighted by Crippen LogP contribution is -2.25. The fourth-order valence-electron chi connectivity index (χ4n) is 3.05. The zero-order chi connectivity index (χ0) is 22.5. The molecule has 32 heavy (non-hydrogen) atoms. The van der Waals surface area contributed by atoms with Crippen LogP contribution < -0.4 is 15.4 Å². The van der Waals surface area contributed by atoms with Gasteiger partial charge in [0.05, 0.1) is 0 Å². The highest BCUT2D eigenvalue weighted by atomic mass is 35.5. The summed E-state index contributed by atoms with van der Waals surface area (Å²) in [7, 11) is 0. The van der Waals surface area contributed by atoms with Crippen molar-refractivity contribution in [2.24, 2.45) is 0 Å². The normalized spacial score (nSPS) is 12.7.